The number of imidazole rings is 1. The van der Waals surface area contributed by atoms with Crippen LogP contribution in [0, 0.1) is 11.3 Å². The van der Waals surface area contributed by atoms with Gasteiger partial charge in [-0.1, -0.05) is 12.1 Å². The normalized spacial score (nSPS) is 12.0. The summed E-state index contributed by atoms with van der Waals surface area (Å²) < 4.78 is 0. The molecule has 0 aliphatic rings. The number of rotatable bonds is 4. The third-order valence-electron chi connectivity index (χ3n) is 2.73. The molecule has 2 aromatic rings. The van der Waals surface area contributed by atoms with Gasteiger partial charge in [0.05, 0.1) is 17.7 Å². The number of amides is 1. The van der Waals surface area contributed by atoms with Gasteiger partial charge in [0.25, 0.3) is 0 Å². The fourth-order valence-electron chi connectivity index (χ4n) is 1.73. The van der Waals surface area contributed by atoms with Gasteiger partial charge in [-0.15, -0.1) is 0 Å². The Labute approximate surface area is 117 Å². The fraction of sp³-hybridized carbons (Fsp3) is 0.133. The van der Waals surface area contributed by atoms with Crippen LogP contribution in [0.3, 0.4) is 0 Å². The largest absolute Gasteiger partial charge is 0.347 e. The van der Waals surface area contributed by atoms with Gasteiger partial charge in [-0.2, -0.15) is 5.26 Å². The lowest BCUT2D eigenvalue weighted by Gasteiger charge is -2.08. The lowest BCUT2D eigenvalue weighted by Crippen LogP contribution is -2.25. The second kappa shape index (κ2) is 6.34. The number of nitrogens with zero attached hydrogens (tertiary/aromatic N) is 2. The molecular weight excluding hydrogens is 252 g/mol. The van der Waals surface area contributed by atoms with Crippen LogP contribution in [-0.2, 0) is 4.79 Å². The second-order valence-electron chi connectivity index (χ2n) is 4.28. The van der Waals surface area contributed by atoms with Crippen molar-refractivity contribution in [3.63, 3.8) is 0 Å². The zero-order chi connectivity index (χ0) is 14.4. The molecule has 0 fully saturated rings. The van der Waals surface area contributed by atoms with Gasteiger partial charge in [-0.3, -0.25) is 4.79 Å². The van der Waals surface area contributed by atoms with Gasteiger partial charge in [-0.25, -0.2) is 4.98 Å². The quantitative estimate of drug-likeness (QED) is 0.832. The number of benzene rings is 1. The van der Waals surface area contributed by atoms with Crippen molar-refractivity contribution in [2.24, 2.45) is 0 Å². The summed E-state index contributed by atoms with van der Waals surface area (Å²) in [6, 6.07) is 8.93. The molecule has 0 aliphatic carbocycles. The molecule has 1 aromatic heterocycles. The number of aromatic nitrogens is 2. The maximum absolute atomic E-state index is 11.8. The van der Waals surface area contributed by atoms with Crippen LogP contribution in [0.25, 0.3) is 6.08 Å². The van der Waals surface area contributed by atoms with E-state index in [0.717, 1.165) is 5.56 Å². The zero-order valence-electron chi connectivity index (χ0n) is 11.0. The van der Waals surface area contributed by atoms with E-state index in [1.807, 2.05) is 13.0 Å². The molecule has 1 unspecified atom stereocenters. The summed E-state index contributed by atoms with van der Waals surface area (Å²) in [5.74, 6) is 0.495. The van der Waals surface area contributed by atoms with Crippen LogP contribution in [0.5, 0.6) is 0 Å². The Morgan fingerprint density at radius 3 is 3.10 bits per heavy atom. The summed E-state index contributed by atoms with van der Waals surface area (Å²) in [5, 5.41) is 11.6. The predicted octanol–water partition coefficient (Wildman–Crippen LogP) is 2.17. The standard InChI is InChI=1S/C15H14N4O/c1-11(15-17-7-8-18-15)19-14(20)6-5-12-3-2-4-13(9-12)10-16/h2-9,11H,1H3,(H,17,18)(H,19,20)/b6-5+. The van der Waals surface area contributed by atoms with Gasteiger partial charge >= 0.3 is 0 Å². The van der Waals surface area contributed by atoms with Crippen molar-refractivity contribution in [2.75, 3.05) is 0 Å². The van der Waals surface area contributed by atoms with Crippen LogP contribution < -0.4 is 5.32 Å². The number of carbonyl (C=O) groups is 1. The van der Waals surface area contributed by atoms with Crippen molar-refractivity contribution in [1.82, 2.24) is 15.3 Å². The predicted molar refractivity (Wildman–Crippen MR) is 75.3 cm³/mol. The van der Waals surface area contributed by atoms with Crippen LogP contribution in [0.15, 0.2) is 42.7 Å². The molecule has 20 heavy (non-hydrogen) atoms. The highest BCUT2D eigenvalue weighted by Crippen LogP contribution is 2.07. The topological polar surface area (TPSA) is 81.6 Å². The lowest BCUT2D eigenvalue weighted by molar-refractivity contribution is -0.117. The van der Waals surface area contributed by atoms with Gasteiger partial charge in [0.2, 0.25) is 5.91 Å². The summed E-state index contributed by atoms with van der Waals surface area (Å²) in [6.45, 7) is 1.85. The van der Waals surface area contributed by atoms with Crippen LogP contribution in [-0.4, -0.2) is 15.9 Å². The first-order valence-corrected chi connectivity index (χ1v) is 6.17. The summed E-state index contributed by atoms with van der Waals surface area (Å²) in [4.78, 5) is 18.8. The highest BCUT2D eigenvalue weighted by molar-refractivity contribution is 5.91. The minimum absolute atomic E-state index is 0.187. The minimum atomic E-state index is -0.212. The molecule has 0 saturated carbocycles. The molecule has 0 spiro atoms. The molecule has 0 saturated heterocycles. The Balaban J connectivity index is 1.97. The SMILES string of the molecule is CC(NC(=O)/C=C/c1cccc(C#N)c1)c1ncc[nH]1. The van der Waals surface area contributed by atoms with Crippen molar-refractivity contribution in [3.8, 4) is 6.07 Å². The molecule has 1 heterocycles. The number of carbonyl (C=O) groups excluding carboxylic acids is 1. The first-order valence-electron chi connectivity index (χ1n) is 6.17. The van der Waals surface area contributed by atoms with E-state index in [-0.39, 0.29) is 11.9 Å². The summed E-state index contributed by atoms with van der Waals surface area (Å²) in [5.41, 5.74) is 1.38. The molecule has 2 rings (SSSR count). The molecular formula is C15H14N4O. The van der Waals surface area contributed by atoms with Crippen molar-refractivity contribution >= 4 is 12.0 Å². The van der Waals surface area contributed by atoms with Crippen molar-refractivity contribution in [2.45, 2.75) is 13.0 Å². The van der Waals surface area contributed by atoms with E-state index in [1.165, 1.54) is 6.08 Å². The smallest absolute Gasteiger partial charge is 0.244 e. The van der Waals surface area contributed by atoms with Crippen molar-refractivity contribution in [1.29, 1.82) is 5.26 Å². The van der Waals surface area contributed by atoms with E-state index < -0.39 is 0 Å². The monoisotopic (exact) mass is 266 g/mol. The number of aromatic amines is 1. The number of nitriles is 1. The molecule has 2 N–H and O–H groups in total. The fourth-order valence-corrected chi connectivity index (χ4v) is 1.73. The lowest BCUT2D eigenvalue weighted by atomic mass is 10.1. The highest BCUT2D eigenvalue weighted by atomic mass is 16.1. The molecule has 5 nitrogen and oxygen atoms in total. The van der Waals surface area contributed by atoms with Crippen LogP contribution in [0.2, 0.25) is 0 Å². The van der Waals surface area contributed by atoms with Gasteiger partial charge in [0, 0.05) is 18.5 Å². The first-order chi connectivity index (χ1) is 9.69. The average molecular weight is 266 g/mol. The third-order valence-corrected chi connectivity index (χ3v) is 2.73. The van der Waals surface area contributed by atoms with Crippen molar-refractivity contribution in [3.05, 3.63) is 59.7 Å². The Hall–Kier alpha value is -2.87. The Morgan fingerprint density at radius 2 is 2.40 bits per heavy atom. The Morgan fingerprint density at radius 1 is 1.55 bits per heavy atom. The molecule has 0 aliphatic heterocycles. The van der Waals surface area contributed by atoms with Crippen LogP contribution in [0.4, 0.5) is 0 Å². The van der Waals surface area contributed by atoms with Crippen molar-refractivity contribution < 1.29 is 4.79 Å². The second-order valence-corrected chi connectivity index (χ2v) is 4.28. The Kier molecular flexibility index (Phi) is 4.30. The zero-order valence-corrected chi connectivity index (χ0v) is 11.0. The van der Waals surface area contributed by atoms with Crippen LogP contribution >= 0.6 is 0 Å². The van der Waals surface area contributed by atoms with Gasteiger partial charge in [0.15, 0.2) is 0 Å². The van der Waals surface area contributed by atoms with Gasteiger partial charge in [-0.05, 0) is 30.7 Å². The van der Waals surface area contributed by atoms with E-state index in [2.05, 4.69) is 21.4 Å². The van der Waals surface area contributed by atoms with E-state index >= 15 is 0 Å². The van der Waals surface area contributed by atoms with E-state index in [1.54, 1.807) is 36.7 Å². The van der Waals surface area contributed by atoms with E-state index in [0.29, 0.717) is 11.4 Å². The van der Waals surface area contributed by atoms with E-state index in [4.69, 9.17) is 5.26 Å². The first kappa shape index (κ1) is 13.6. The molecule has 1 amide bonds. The third kappa shape index (κ3) is 3.56. The van der Waals surface area contributed by atoms with Gasteiger partial charge < -0.3 is 10.3 Å². The molecule has 1 atom stereocenters. The highest BCUT2D eigenvalue weighted by Gasteiger charge is 2.08. The number of nitrogens with one attached hydrogen (secondary N) is 2. The number of H-pyrrole nitrogens is 1. The Bertz CT molecular complexity index is 653. The summed E-state index contributed by atoms with van der Waals surface area (Å²) in [6.07, 6.45) is 6.46. The number of hydrogen-bond acceptors (Lipinski definition) is 3. The summed E-state index contributed by atoms with van der Waals surface area (Å²) >= 11 is 0. The number of hydrogen-bond donors (Lipinski definition) is 2. The molecule has 5 heteroatoms. The maximum Gasteiger partial charge on any atom is 0.244 e. The molecule has 100 valence electrons. The summed E-state index contributed by atoms with van der Waals surface area (Å²) in [7, 11) is 0. The van der Waals surface area contributed by atoms with E-state index in [9.17, 15) is 4.79 Å². The maximum atomic E-state index is 11.8. The van der Waals surface area contributed by atoms with Crippen LogP contribution in [0.1, 0.15) is 29.9 Å². The molecule has 0 bridgehead atoms. The average Bonchev–Trinajstić information content (AvgIpc) is 2.99. The van der Waals surface area contributed by atoms with Gasteiger partial charge in [0.1, 0.15) is 5.82 Å². The molecule has 1 aromatic carbocycles. The molecule has 0 radical (unpaired) electrons. The minimum Gasteiger partial charge on any atom is -0.347 e.